The van der Waals surface area contributed by atoms with Crippen LogP contribution in [-0.2, 0) is 4.74 Å². The summed E-state index contributed by atoms with van der Waals surface area (Å²) in [7, 11) is 2.20. The van der Waals surface area contributed by atoms with E-state index >= 15 is 0 Å². The lowest BCUT2D eigenvalue weighted by molar-refractivity contribution is 0.0770. The quantitative estimate of drug-likeness (QED) is 0.565. The average molecular weight is 244 g/mol. The van der Waals surface area contributed by atoms with Crippen LogP contribution in [0, 0.1) is 5.92 Å². The van der Waals surface area contributed by atoms with Crippen LogP contribution in [0.2, 0.25) is 0 Å². The molecule has 3 nitrogen and oxygen atoms in total. The summed E-state index contributed by atoms with van der Waals surface area (Å²) in [5.41, 5.74) is 0. The Morgan fingerprint density at radius 3 is 2.35 bits per heavy atom. The first kappa shape index (κ1) is 16.9. The van der Waals surface area contributed by atoms with Crippen LogP contribution in [0.3, 0.4) is 0 Å². The molecule has 0 saturated heterocycles. The van der Waals surface area contributed by atoms with Gasteiger partial charge in [-0.05, 0) is 52.7 Å². The van der Waals surface area contributed by atoms with Crippen LogP contribution in [0.1, 0.15) is 40.5 Å². The van der Waals surface area contributed by atoms with E-state index < -0.39 is 0 Å². The molecular weight excluding hydrogens is 212 g/mol. The van der Waals surface area contributed by atoms with Gasteiger partial charge in [0, 0.05) is 19.7 Å². The van der Waals surface area contributed by atoms with Gasteiger partial charge < -0.3 is 15.0 Å². The third-order valence-electron chi connectivity index (χ3n) is 2.71. The first-order chi connectivity index (χ1) is 8.02. The predicted octanol–water partition coefficient (Wildman–Crippen LogP) is 2.37. The zero-order chi connectivity index (χ0) is 13.1. The van der Waals surface area contributed by atoms with Crippen LogP contribution < -0.4 is 5.32 Å². The Bertz CT molecular complexity index is 160. The van der Waals surface area contributed by atoms with Crippen molar-refractivity contribution in [3.05, 3.63) is 0 Å². The molecule has 0 fully saturated rings. The van der Waals surface area contributed by atoms with E-state index in [2.05, 4.69) is 45.0 Å². The fourth-order valence-corrected chi connectivity index (χ4v) is 1.50. The van der Waals surface area contributed by atoms with Crippen LogP contribution in [0.25, 0.3) is 0 Å². The summed E-state index contributed by atoms with van der Waals surface area (Å²) in [6.45, 7) is 14.1. The van der Waals surface area contributed by atoms with Crippen molar-refractivity contribution < 1.29 is 4.74 Å². The third-order valence-corrected chi connectivity index (χ3v) is 2.71. The number of nitrogens with zero attached hydrogens (tertiary/aromatic N) is 1. The van der Waals surface area contributed by atoms with Crippen LogP contribution >= 0.6 is 0 Å². The first-order valence-electron chi connectivity index (χ1n) is 7.03. The highest BCUT2D eigenvalue weighted by Gasteiger charge is 2.00. The second-order valence-electron chi connectivity index (χ2n) is 5.51. The van der Waals surface area contributed by atoms with Crippen LogP contribution in [-0.4, -0.2) is 50.8 Å². The highest BCUT2D eigenvalue weighted by molar-refractivity contribution is 4.57. The second-order valence-corrected chi connectivity index (χ2v) is 5.51. The smallest absolute Gasteiger partial charge is 0.0518 e. The van der Waals surface area contributed by atoms with Gasteiger partial charge in [-0.1, -0.05) is 13.8 Å². The Morgan fingerprint density at radius 1 is 1.06 bits per heavy atom. The average Bonchev–Trinajstić information content (AvgIpc) is 2.24. The van der Waals surface area contributed by atoms with E-state index in [1.54, 1.807) is 0 Å². The SMILES string of the molecule is CC(C)CCN(C)CCNCCCOC(C)C. The van der Waals surface area contributed by atoms with Gasteiger partial charge in [-0.15, -0.1) is 0 Å². The lowest BCUT2D eigenvalue weighted by Crippen LogP contribution is -2.31. The Morgan fingerprint density at radius 2 is 1.76 bits per heavy atom. The maximum atomic E-state index is 5.48. The number of hydrogen-bond acceptors (Lipinski definition) is 3. The van der Waals surface area contributed by atoms with Crippen LogP contribution in [0.5, 0.6) is 0 Å². The summed E-state index contributed by atoms with van der Waals surface area (Å²) < 4.78 is 5.48. The van der Waals surface area contributed by atoms with E-state index in [1.807, 2.05) is 0 Å². The number of rotatable bonds is 11. The van der Waals surface area contributed by atoms with E-state index in [0.717, 1.165) is 38.6 Å². The molecule has 0 aliphatic heterocycles. The summed E-state index contributed by atoms with van der Waals surface area (Å²) in [5.74, 6) is 0.804. The predicted molar refractivity (Wildman–Crippen MR) is 75.5 cm³/mol. The van der Waals surface area contributed by atoms with Gasteiger partial charge in [0.15, 0.2) is 0 Å². The van der Waals surface area contributed by atoms with Crippen molar-refractivity contribution in [1.29, 1.82) is 0 Å². The maximum Gasteiger partial charge on any atom is 0.0518 e. The molecule has 0 saturated carbocycles. The summed E-state index contributed by atoms with van der Waals surface area (Å²) in [6, 6.07) is 0. The van der Waals surface area contributed by atoms with Gasteiger partial charge in [0.2, 0.25) is 0 Å². The Kier molecular flexibility index (Phi) is 10.9. The largest absolute Gasteiger partial charge is 0.379 e. The van der Waals surface area contributed by atoms with Crippen molar-refractivity contribution in [2.24, 2.45) is 5.92 Å². The molecule has 0 aromatic carbocycles. The van der Waals surface area contributed by atoms with E-state index in [4.69, 9.17) is 4.74 Å². The molecule has 0 radical (unpaired) electrons. The fraction of sp³-hybridized carbons (Fsp3) is 1.00. The van der Waals surface area contributed by atoms with Gasteiger partial charge >= 0.3 is 0 Å². The van der Waals surface area contributed by atoms with Crippen LogP contribution in [0.4, 0.5) is 0 Å². The molecule has 0 aliphatic carbocycles. The van der Waals surface area contributed by atoms with Crippen molar-refractivity contribution in [3.63, 3.8) is 0 Å². The zero-order valence-corrected chi connectivity index (χ0v) is 12.5. The monoisotopic (exact) mass is 244 g/mol. The molecule has 3 heteroatoms. The van der Waals surface area contributed by atoms with Gasteiger partial charge in [0.25, 0.3) is 0 Å². The second kappa shape index (κ2) is 11.0. The van der Waals surface area contributed by atoms with Crippen molar-refractivity contribution in [1.82, 2.24) is 10.2 Å². The molecule has 0 aliphatic rings. The van der Waals surface area contributed by atoms with Gasteiger partial charge in [-0.25, -0.2) is 0 Å². The van der Waals surface area contributed by atoms with Gasteiger partial charge in [-0.2, -0.15) is 0 Å². The highest BCUT2D eigenvalue weighted by Crippen LogP contribution is 1.99. The lowest BCUT2D eigenvalue weighted by Gasteiger charge is -2.18. The van der Waals surface area contributed by atoms with E-state index in [9.17, 15) is 0 Å². The summed E-state index contributed by atoms with van der Waals surface area (Å²) >= 11 is 0. The molecule has 0 atom stereocenters. The Balaban J connectivity index is 3.16. The number of hydrogen-bond donors (Lipinski definition) is 1. The van der Waals surface area contributed by atoms with Crippen molar-refractivity contribution in [3.8, 4) is 0 Å². The summed E-state index contributed by atoms with van der Waals surface area (Å²) in [6.07, 6.45) is 2.75. The topological polar surface area (TPSA) is 24.5 Å². The van der Waals surface area contributed by atoms with E-state index in [-0.39, 0.29) is 0 Å². The molecule has 0 unspecified atom stereocenters. The van der Waals surface area contributed by atoms with Crippen LogP contribution in [0.15, 0.2) is 0 Å². The number of nitrogens with one attached hydrogen (secondary N) is 1. The minimum absolute atomic E-state index is 0.358. The summed E-state index contributed by atoms with van der Waals surface area (Å²) in [5, 5.41) is 3.46. The Labute approximate surface area is 108 Å². The molecule has 0 spiro atoms. The lowest BCUT2D eigenvalue weighted by atomic mass is 10.1. The standard InChI is InChI=1S/C14H32N2O/c1-13(2)7-10-16(5)11-9-15-8-6-12-17-14(3)4/h13-15H,6-12H2,1-5H3. The van der Waals surface area contributed by atoms with Crippen molar-refractivity contribution in [2.45, 2.75) is 46.6 Å². The molecule has 0 bridgehead atoms. The van der Waals surface area contributed by atoms with Gasteiger partial charge in [0.05, 0.1) is 6.10 Å². The molecule has 0 aromatic heterocycles. The van der Waals surface area contributed by atoms with Crippen molar-refractivity contribution >= 4 is 0 Å². The molecule has 17 heavy (non-hydrogen) atoms. The molecular formula is C14H32N2O. The van der Waals surface area contributed by atoms with E-state index in [0.29, 0.717) is 6.10 Å². The normalized spacial score (nSPS) is 12.0. The molecule has 0 aromatic rings. The maximum absolute atomic E-state index is 5.48. The highest BCUT2D eigenvalue weighted by atomic mass is 16.5. The molecule has 104 valence electrons. The molecule has 0 amide bonds. The summed E-state index contributed by atoms with van der Waals surface area (Å²) in [4.78, 5) is 2.40. The molecule has 0 rings (SSSR count). The molecule has 1 N–H and O–H groups in total. The van der Waals surface area contributed by atoms with Gasteiger partial charge in [-0.3, -0.25) is 0 Å². The van der Waals surface area contributed by atoms with E-state index in [1.165, 1.54) is 13.0 Å². The Hall–Kier alpha value is -0.120. The third kappa shape index (κ3) is 13.8. The molecule has 0 heterocycles. The number of likely N-dealkylation sites (N-methyl/N-ethyl adjacent to an activating group) is 1. The fourth-order valence-electron chi connectivity index (χ4n) is 1.50. The van der Waals surface area contributed by atoms with Gasteiger partial charge in [0.1, 0.15) is 0 Å². The first-order valence-corrected chi connectivity index (χ1v) is 7.03. The minimum Gasteiger partial charge on any atom is -0.379 e. The number of ether oxygens (including phenoxy) is 1. The van der Waals surface area contributed by atoms with Crippen molar-refractivity contribution in [2.75, 3.05) is 39.8 Å². The minimum atomic E-state index is 0.358. The zero-order valence-electron chi connectivity index (χ0n) is 12.5.